The van der Waals surface area contributed by atoms with Crippen molar-refractivity contribution in [1.29, 1.82) is 0 Å². The van der Waals surface area contributed by atoms with Gasteiger partial charge in [-0.15, -0.1) is 0 Å². The van der Waals surface area contributed by atoms with Crippen molar-refractivity contribution in [2.24, 2.45) is 5.92 Å². The van der Waals surface area contributed by atoms with Crippen molar-refractivity contribution in [2.45, 2.75) is 32.9 Å². The van der Waals surface area contributed by atoms with Gasteiger partial charge < -0.3 is 9.13 Å². The van der Waals surface area contributed by atoms with Gasteiger partial charge in [0.05, 0.1) is 11.0 Å². The second-order valence-electron chi connectivity index (χ2n) is 9.00. The Morgan fingerprint density at radius 2 is 1.22 bits per heavy atom. The van der Waals surface area contributed by atoms with Crippen LogP contribution < -0.4 is 0 Å². The Balaban J connectivity index is 1.74. The third-order valence-corrected chi connectivity index (χ3v) is 6.28. The first-order valence-electron chi connectivity index (χ1n) is 11.6. The summed E-state index contributed by atoms with van der Waals surface area (Å²) in [6.07, 6.45) is 9.19. The number of benzene rings is 3. The summed E-state index contributed by atoms with van der Waals surface area (Å²) in [6.45, 7) is 4.62. The van der Waals surface area contributed by atoms with Gasteiger partial charge in [-0.3, -0.25) is 0 Å². The first-order valence-corrected chi connectivity index (χ1v) is 11.6. The van der Waals surface area contributed by atoms with Gasteiger partial charge in [0.1, 0.15) is 6.17 Å². The van der Waals surface area contributed by atoms with Crippen LogP contribution >= 0.6 is 0 Å². The van der Waals surface area contributed by atoms with Gasteiger partial charge in [-0.1, -0.05) is 86.7 Å². The third kappa shape index (κ3) is 4.01. The summed E-state index contributed by atoms with van der Waals surface area (Å²) in [5.74, 6) is 0.651. The van der Waals surface area contributed by atoms with E-state index in [9.17, 15) is 0 Å². The van der Waals surface area contributed by atoms with E-state index in [4.69, 9.17) is 0 Å². The number of hydrogen-bond acceptors (Lipinski definition) is 0. The molecule has 2 aromatic heterocycles. The fraction of sp³-hybridized carbons (Fsp3) is 0.200. The average Bonchev–Trinajstić information content (AvgIpc) is 3.43. The molecule has 3 aromatic carbocycles. The molecule has 0 fully saturated rings. The Bertz CT molecular complexity index is 1280. The minimum absolute atomic E-state index is 0.0776. The predicted molar refractivity (Wildman–Crippen MR) is 137 cm³/mol. The van der Waals surface area contributed by atoms with E-state index in [-0.39, 0.29) is 6.17 Å². The summed E-state index contributed by atoms with van der Waals surface area (Å²) in [4.78, 5) is 0. The standard InChI is InChI=1S/C30H30N2/c1-23(2)16-17-27(22-24-10-4-3-5-11-24)30(31-20-18-25-12-6-8-14-28(25)31)32-21-19-26-13-7-9-15-29(26)32/h3-15,18-23,30H,16-17H2,1-2H3. The van der Waals surface area contributed by atoms with Crippen LogP contribution in [0.4, 0.5) is 0 Å². The zero-order valence-electron chi connectivity index (χ0n) is 18.9. The number of allylic oxidation sites excluding steroid dienone is 1. The Morgan fingerprint density at radius 3 is 1.78 bits per heavy atom. The summed E-state index contributed by atoms with van der Waals surface area (Å²) >= 11 is 0. The maximum Gasteiger partial charge on any atom is 0.132 e. The summed E-state index contributed by atoms with van der Waals surface area (Å²) in [7, 11) is 0. The fourth-order valence-electron chi connectivity index (χ4n) is 4.62. The molecule has 0 saturated carbocycles. The molecule has 0 radical (unpaired) electrons. The lowest BCUT2D eigenvalue weighted by Crippen LogP contribution is -2.19. The van der Waals surface area contributed by atoms with E-state index in [0.717, 1.165) is 12.8 Å². The second-order valence-corrected chi connectivity index (χ2v) is 9.00. The lowest BCUT2D eigenvalue weighted by atomic mass is 9.98. The van der Waals surface area contributed by atoms with Crippen LogP contribution in [0.15, 0.2) is 109 Å². The molecule has 0 atom stereocenters. The number of para-hydroxylation sites is 2. The van der Waals surface area contributed by atoms with E-state index in [2.05, 4.69) is 132 Å². The highest BCUT2D eigenvalue weighted by Gasteiger charge is 2.21. The number of aromatic nitrogens is 2. The van der Waals surface area contributed by atoms with Crippen LogP contribution in [0.25, 0.3) is 27.9 Å². The Kier molecular flexibility index (Phi) is 5.68. The van der Waals surface area contributed by atoms with Gasteiger partial charge in [0, 0.05) is 12.4 Å². The Morgan fingerprint density at radius 1 is 0.688 bits per heavy atom. The van der Waals surface area contributed by atoms with Crippen LogP contribution in [-0.4, -0.2) is 9.13 Å². The van der Waals surface area contributed by atoms with E-state index in [0.29, 0.717) is 5.92 Å². The molecule has 32 heavy (non-hydrogen) atoms. The van der Waals surface area contributed by atoms with Gasteiger partial charge in [0.25, 0.3) is 0 Å². The Hall–Kier alpha value is -3.52. The summed E-state index contributed by atoms with van der Waals surface area (Å²) in [6, 6.07) is 32.6. The highest BCUT2D eigenvalue weighted by molar-refractivity contribution is 5.82. The highest BCUT2D eigenvalue weighted by Crippen LogP contribution is 2.34. The zero-order valence-corrected chi connectivity index (χ0v) is 18.9. The summed E-state index contributed by atoms with van der Waals surface area (Å²) in [5, 5.41) is 2.55. The van der Waals surface area contributed by atoms with E-state index < -0.39 is 0 Å². The molecule has 2 nitrogen and oxygen atoms in total. The van der Waals surface area contributed by atoms with Gasteiger partial charge in [-0.05, 0) is 64.9 Å². The lowest BCUT2D eigenvalue weighted by Gasteiger charge is -2.27. The molecule has 160 valence electrons. The molecule has 0 unspecified atom stereocenters. The largest absolute Gasteiger partial charge is 0.322 e. The molecule has 5 aromatic rings. The second kappa shape index (κ2) is 8.92. The van der Waals surface area contributed by atoms with Crippen molar-refractivity contribution in [3.05, 3.63) is 115 Å². The maximum absolute atomic E-state index is 2.44. The molecule has 0 spiro atoms. The summed E-state index contributed by atoms with van der Waals surface area (Å²) in [5.41, 5.74) is 5.20. The van der Waals surface area contributed by atoms with Crippen molar-refractivity contribution in [3.8, 4) is 0 Å². The maximum atomic E-state index is 2.44. The molecule has 5 rings (SSSR count). The van der Waals surface area contributed by atoms with E-state index >= 15 is 0 Å². The van der Waals surface area contributed by atoms with Crippen LogP contribution in [-0.2, 0) is 0 Å². The van der Waals surface area contributed by atoms with Crippen molar-refractivity contribution < 1.29 is 0 Å². The highest BCUT2D eigenvalue weighted by atomic mass is 15.2. The molecule has 0 saturated heterocycles. The molecule has 0 amide bonds. The topological polar surface area (TPSA) is 9.86 Å². The number of nitrogens with zero attached hydrogens (tertiary/aromatic N) is 2. The lowest BCUT2D eigenvalue weighted by molar-refractivity contribution is 0.485. The molecule has 0 aliphatic rings. The molecule has 0 aliphatic heterocycles. The SMILES string of the molecule is CC(C)CCC(=Cc1ccccc1)C(n1ccc2ccccc21)n1ccc2ccccc21. The smallest absolute Gasteiger partial charge is 0.132 e. The van der Waals surface area contributed by atoms with Crippen LogP contribution in [0.1, 0.15) is 38.4 Å². The normalized spacial score (nSPS) is 12.4. The zero-order chi connectivity index (χ0) is 21.9. The minimum atomic E-state index is 0.0776. The van der Waals surface area contributed by atoms with Crippen molar-refractivity contribution in [2.75, 3.05) is 0 Å². The number of fused-ring (bicyclic) bond motifs is 2. The van der Waals surface area contributed by atoms with Crippen molar-refractivity contribution in [3.63, 3.8) is 0 Å². The van der Waals surface area contributed by atoms with Crippen LogP contribution in [0.5, 0.6) is 0 Å². The van der Waals surface area contributed by atoms with Crippen LogP contribution in [0.2, 0.25) is 0 Å². The van der Waals surface area contributed by atoms with E-state index in [1.807, 2.05) is 0 Å². The molecular formula is C30H30N2. The first-order chi connectivity index (χ1) is 15.7. The fourth-order valence-corrected chi connectivity index (χ4v) is 4.62. The quantitative estimate of drug-likeness (QED) is 0.252. The third-order valence-electron chi connectivity index (χ3n) is 6.28. The molecule has 2 heterocycles. The van der Waals surface area contributed by atoms with Gasteiger partial charge in [-0.2, -0.15) is 0 Å². The van der Waals surface area contributed by atoms with Gasteiger partial charge >= 0.3 is 0 Å². The van der Waals surface area contributed by atoms with Gasteiger partial charge in [0.2, 0.25) is 0 Å². The average molecular weight is 419 g/mol. The van der Waals surface area contributed by atoms with E-state index in [1.165, 1.54) is 32.9 Å². The summed E-state index contributed by atoms with van der Waals surface area (Å²) < 4.78 is 4.88. The number of hydrogen-bond donors (Lipinski definition) is 0. The monoisotopic (exact) mass is 418 g/mol. The van der Waals surface area contributed by atoms with Gasteiger partial charge in [-0.25, -0.2) is 0 Å². The van der Waals surface area contributed by atoms with Gasteiger partial charge in [0.15, 0.2) is 0 Å². The minimum Gasteiger partial charge on any atom is -0.322 e. The molecule has 0 aliphatic carbocycles. The van der Waals surface area contributed by atoms with E-state index in [1.54, 1.807) is 0 Å². The van der Waals surface area contributed by atoms with Crippen LogP contribution in [0.3, 0.4) is 0 Å². The number of rotatable bonds is 7. The van der Waals surface area contributed by atoms with Crippen LogP contribution in [0, 0.1) is 5.92 Å². The molecular weight excluding hydrogens is 388 g/mol. The molecule has 0 bridgehead atoms. The van der Waals surface area contributed by atoms with Crippen molar-refractivity contribution >= 4 is 27.9 Å². The predicted octanol–water partition coefficient (Wildman–Crippen LogP) is 8.16. The first kappa shape index (κ1) is 20.4. The van der Waals surface area contributed by atoms with Crippen molar-refractivity contribution in [1.82, 2.24) is 9.13 Å². The molecule has 2 heteroatoms. The Labute approximate surface area is 190 Å². The molecule has 0 N–H and O–H groups in total.